The number of guanidine groups is 1. The van der Waals surface area contributed by atoms with E-state index < -0.39 is 0 Å². The summed E-state index contributed by atoms with van der Waals surface area (Å²) in [5, 5.41) is 3.11. The van der Waals surface area contributed by atoms with Crippen LogP contribution in [0.3, 0.4) is 0 Å². The molecule has 1 atom stereocenters. The first kappa shape index (κ1) is 14.3. The summed E-state index contributed by atoms with van der Waals surface area (Å²) in [6.07, 6.45) is 4.70. The van der Waals surface area contributed by atoms with Crippen LogP contribution in [-0.4, -0.2) is 45.0 Å². The Labute approximate surface area is 104 Å². The van der Waals surface area contributed by atoms with Crippen LogP contribution in [0.4, 0.5) is 0 Å². The zero-order valence-corrected chi connectivity index (χ0v) is 10.8. The van der Waals surface area contributed by atoms with Gasteiger partial charge < -0.3 is 20.5 Å². The van der Waals surface area contributed by atoms with Crippen molar-refractivity contribution in [3.05, 3.63) is 0 Å². The Kier molecular flexibility index (Phi) is 7.75. The van der Waals surface area contributed by atoms with E-state index in [1.54, 1.807) is 0 Å². The molecule has 0 aromatic carbocycles. The van der Waals surface area contributed by atoms with Crippen molar-refractivity contribution in [2.75, 3.05) is 32.9 Å². The van der Waals surface area contributed by atoms with E-state index in [0.717, 1.165) is 45.8 Å². The normalized spacial score (nSPS) is 20.8. The first-order valence-electron chi connectivity index (χ1n) is 6.56. The Hall–Kier alpha value is -0.810. The van der Waals surface area contributed by atoms with E-state index in [1.807, 2.05) is 6.92 Å². The molecule has 0 spiro atoms. The number of hydrogen-bond donors (Lipinski definition) is 2. The van der Waals surface area contributed by atoms with Crippen LogP contribution >= 0.6 is 0 Å². The first-order valence-corrected chi connectivity index (χ1v) is 6.56. The molecule has 0 aliphatic carbocycles. The molecule has 0 saturated carbocycles. The largest absolute Gasteiger partial charge is 0.382 e. The molecule has 0 bridgehead atoms. The van der Waals surface area contributed by atoms with Crippen LogP contribution in [0.15, 0.2) is 4.99 Å². The van der Waals surface area contributed by atoms with E-state index in [9.17, 15) is 0 Å². The number of nitrogens with one attached hydrogen (secondary N) is 1. The quantitative estimate of drug-likeness (QED) is 0.377. The average molecular weight is 243 g/mol. The minimum Gasteiger partial charge on any atom is -0.382 e. The number of aliphatic imine (C=N–C) groups is 1. The summed E-state index contributed by atoms with van der Waals surface area (Å²) in [5.74, 6) is 0.527. The number of hydrogen-bond acceptors (Lipinski definition) is 3. The van der Waals surface area contributed by atoms with Gasteiger partial charge in [0.25, 0.3) is 0 Å². The highest BCUT2D eigenvalue weighted by atomic mass is 16.5. The molecule has 1 aliphatic heterocycles. The van der Waals surface area contributed by atoms with Crippen molar-refractivity contribution in [1.29, 1.82) is 0 Å². The molecule has 1 heterocycles. The summed E-state index contributed by atoms with van der Waals surface area (Å²) >= 11 is 0. The molecule has 1 saturated heterocycles. The second-order valence-electron chi connectivity index (χ2n) is 4.17. The van der Waals surface area contributed by atoms with Crippen molar-refractivity contribution in [2.45, 2.75) is 38.7 Å². The van der Waals surface area contributed by atoms with E-state index in [-0.39, 0.29) is 0 Å². The van der Waals surface area contributed by atoms with Crippen molar-refractivity contribution in [1.82, 2.24) is 5.32 Å². The predicted molar refractivity (Wildman–Crippen MR) is 69.2 cm³/mol. The van der Waals surface area contributed by atoms with Gasteiger partial charge in [0.05, 0.1) is 6.10 Å². The monoisotopic (exact) mass is 243 g/mol. The molecule has 17 heavy (non-hydrogen) atoms. The molecule has 3 N–H and O–H groups in total. The van der Waals surface area contributed by atoms with Gasteiger partial charge >= 0.3 is 0 Å². The lowest BCUT2D eigenvalue weighted by molar-refractivity contribution is 0.105. The molecule has 0 aromatic rings. The van der Waals surface area contributed by atoms with Gasteiger partial charge in [0, 0.05) is 32.9 Å². The summed E-state index contributed by atoms with van der Waals surface area (Å²) in [6, 6.07) is 0. The fraction of sp³-hybridized carbons (Fsp3) is 0.917. The van der Waals surface area contributed by atoms with Gasteiger partial charge in [-0.1, -0.05) is 0 Å². The zero-order valence-electron chi connectivity index (χ0n) is 10.8. The molecular formula is C12H25N3O2. The molecule has 5 heteroatoms. The van der Waals surface area contributed by atoms with Crippen LogP contribution < -0.4 is 11.1 Å². The second kappa shape index (κ2) is 9.24. The van der Waals surface area contributed by atoms with Gasteiger partial charge in [-0.2, -0.15) is 0 Å². The highest BCUT2D eigenvalue weighted by Crippen LogP contribution is 2.14. The van der Waals surface area contributed by atoms with E-state index in [0.29, 0.717) is 12.1 Å². The van der Waals surface area contributed by atoms with Crippen LogP contribution in [0.2, 0.25) is 0 Å². The molecule has 0 amide bonds. The van der Waals surface area contributed by atoms with E-state index >= 15 is 0 Å². The van der Waals surface area contributed by atoms with Crippen molar-refractivity contribution >= 4 is 5.96 Å². The average Bonchev–Trinajstić information content (AvgIpc) is 2.82. The Morgan fingerprint density at radius 1 is 1.59 bits per heavy atom. The molecule has 1 fully saturated rings. The standard InChI is InChI=1S/C12H25N3O2/c1-2-16-9-4-7-14-12(13)15-8-6-11-5-3-10-17-11/h11H,2-10H2,1H3,(H3,13,14,15). The van der Waals surface area contributed by atoms with E-state index in [1.165, 1.54) is 12.8 Å². The van der Waals surface area contributed by atoms with Crippen molar-refractivity contribution < 1.29 is 9.47 Å². The third kappa shape index (κ3) is 7.18. The molecular weight excluding hydrogens is 218 g/mol. The van der Waals surface area contributed by atoms with Crippen molar-refractivity contribution in [3.63, 3.8) is 0 Å². The molecule has 0 aromatic heterocycles. The van der Waals surface area contributed by atoms with Crippen LogP contribution in [-0.2, 0) is 9.47 Å². The third-order valence-corrected chi connectivity index (χ3v) is 2.73. The summed E-state index contributed by atoms with van der Waals surface area (Å²) < 4.78 is 10.7. The fourth-order valence-electron chi connectivity index (χ4n) is 1.80. The number of nitrogens with two attached hydrogens (primary N) is 1. The van der Waals surface area contributed by atoms with Gasteiger partial charge in [-0.3, -0.25) is 4.99 Å². The van der Waals surface area contributed by atoms with Crippen molar-refractivity contribution in [2.24, 2.45) is 10.7 Å². The third-order valence-electron chi connectivity index (χ3n) is 2.73. The van der Waals surface area contributed by atoms with Crippen molar-refractivity contribution in [3.8, 4) is 0 Å². The lowest BCUT2D eigenvalue weighted by Gasteiger charge is -2.10. The van der Waals surface area contributed by atoms with Gasteiger partial charge in [-0.25, -0.2) is 0 Å². The second-order valence-corrected chi connectivity index (χ2v) is 4.17. The lowest BCUT2D eigenvalue weighted by Crippen LogP contribution is -2.34. The van der Waals surface area contributed by atoms with Gasteiger partial charge in [0.1, 0.15) is 0 Å². The topological polar surface area (TPSA) is 68.9 Å². The first-order chi connectivity index (χ1) is 8.33. The maximum Gasteiger partial charge on any atom is 0.188 e. The Morgan fingerprint density at radius 3 is 3.18 bits per heavy atom. The number of nitrogens with zero attached hydrogens (tertiary/aromatic N) is 1. The lowest BCUT2D eigenvalue weighted by atomic mass is 10.2. The molecule has 5 nitrogen and oxygen atoms in total. The summed E-state index contributed by atoms with van der Waals surface area (Å²) in [4.78, 5) is 4.22. The van der Waals surface area contributed by atoms with Gasteiger partial charge in [0.15, 0.2) is 5.96 Å². The zero-order chi connectivity index (χ0) is 12.3. The predicted octanol–water partition coefficient (Wildman–Crippen LogP) is 0.886. The minimum atomic E-state index is 0.410. The maximum absolute atomic E-state index is 5.73. The number of ether oxygens (including phenoxy) is 2. The Morgan fingerprint density at radius 2 is 2.47 bits per heavy atom. The number of rotatable bonds is 8. The molecule has 1 rings (SSSR count). The van der Waals surface area contributed by atoms with Crippen LogP contribution in [0.1, 0.15) is 32.6 Å². The molecule has 100 valence electrons. The molecule has 1 aliphatic rings. The van der Waals surface area contributed by atoms with Gasteiger partial charge in [0.2, 0.25) is 0 Å². The fourth-order valence-corrected chi connectivity index (χ4v) is 1.80. The van der Waals surface area contributed by atoms with E-state index in [2.05, 4.69) is 10.3 Å². The van der Waals surface area contributed by atoms with E-state index in [4.69, 9.17) is 15.2 Å². The molecule has 0 radical (unpaired) electrons. The molecule has 1 unspecified atom stereocenters. The maximum atomic E-state index is 5.73. The smallest absolute Gasteiger partial charge is 0.188 e. The Bertz CT molecular complexity index is 216. The Balaban J connectivity index is 1.95. The highest BCUT2D eigenvalue weighted by Gasteiger charge is 2.14. The summed E-state index contributed by atoms with van der Waals surface area (Å²) in [6.45, 7) is 5.97. The minimum absolute atomic E-state index is 0.410. The van der Waals surface area contributed by atoms with Gasteiger partial charge in [-0.05, 0) is 32.6 Å². The summed E-state index contributed by atoms with van der Waals surface area (Å²) in [7, 11) is 0. The highest BCUT2D eigenvalue weighted by molar-refractivity contribution is 5.77. The van der Waals surface area contributed by atoms with Gasteiger partial charge in [-0.15, -0.1) is 0 Å². The SMILES string of the molecule is CCOCCCN=C(N)NCCC1CCCO1. The summed E-state index contributed by atoms with van der Waals surface area (Å²) in [5.41, 5.74) is 5.73. The van der Waals surface area contributed by atoms with Crippen LogP contribution in [0, 0.1) is 0 Å². The van der Waals surface area contributed by atoms with Crippen LogP contribution in [0.5, 0.6) is 0 Å². The van der Waals surface area contributed by atoms with Crippen LogP contribution in [0.25, 0.3) is 0 Å².